The van der Waals surface area contributed by atoms with E-state index in [0.717, 1.165) is 0 Å². The van der Waals surface area contributed by atoms with Crippen molar-refractivity contribution in [3.63, 3.8) is 0 Å². The third-order valence-corrected chi connectivity index (χ3v) is 1.47. The van der Waals surface area contributed by atoms with Crippen molar-refractivity contribution in [3.05, 3.63) is 36.4 Å². The van der Waals surface area contributed by atoms with Crippen molar-refractivity contribution in [1.29, 1.82) is 0 Å². The molecule has 1 aromatic carbocycles. The van der Waals surface area contributed by atoms with Gasteiger partial charge in [0.1, 0.15) is 5.82 Å². The van der Waals surface area contributed by atoms with Gasteiger partial charge in [0.15, 0.2) is 6.33 Å². The number of hydrogen-bond acceptors (Lipinski definition) is 3. The molecule has 0 unspecified atom stereocenters. The molecule has 0 aliphatic carbocycles. The number of rotatable bonds is 1. The molecule has 0 spiro atoms. The lowest BCUT2D eigenvalue weighted by Gasteiger charge is -1.93. The first kappa shape index (κ1) is 6.97. The fraction of sp³-hybridized carbons (Fsp3) is 0. The molecule has 0 saturated carbocycles. The predicted molar refractivity (Wildman–Crippen MR) is 39.7 cm³/mol. The Kier molecular flexibility index (Phi) is 1.59. The summed E-state index contributed by atoms with van der Waals surface area (Å²) in [5.41, 5.74) is 0.329. The van der Waals surface area contributed by atoms with Gasteiger partial charge in [-0.3, -0.25) is 0 Å². The monoisotopic (exact) mass is 164 g/mol. The van der Waals surface area contributed by atoms with Gasteiger partial charge in [-0.2, -0.15) is 4.98 Å². The lowest BCUT2D eigenvalue weighted by atomic mass is 10.2. The number of hydrogen-bond donors (Lipinski definition) is 0. The second-order valence-electron chi connectivity index (χ2n) is 2.23. The molecule has 60 valence electrons. The maximum Gasteiger partial charge on any atom is 0.260 e. The van der Waals surface area contributed by atoms with Crippen LogP contribution in [0.1, 0.15) is 0 Å². The molecule has 3 nitrogen and oxygen atoms in total. The fourth-order valence-electron chi connectivity index (χ4n) is 0.926. The molecule has 0 atom stereocenters. The third kappa shape index (κ3) is 1.07. The molecule has 0 aliphatic heterocycles. The Hall–Kier alpha value is -1.71. The summed E-state index contributed by atoms with van der Waals surface area (Å²) in [6.45, 7) is 0. The van der Waals surface area contributed by atoms with Crippen LogP contribution in [0.2, 0.25) is 0 Å². The molecule has 0 N–H and O–H groups in total. The summed E-state index contributed by atoms with van der Waals surface area (Å²) in [7, 11) is 0. The normalized spacial score (nSPS) is 10.1. The van der Waals surface area contributed by atoms with Crippen LogP contribution in [0.25, 0.3) is 11.5 Å². The molecule has 1 heterocycles. The van der Waals surface area contributed by atoms with Gasteiger partial charge in [-0.15, -0.1) is 0 Å². The van der Waals surface area contributed by atoms with Crippen LogP contribution in [0, 0.1) is 5.82 Å². The molecule has 0 aliphatic rings. The van der Waals surface area contributed by atoms with Crippen LogP contribution in [0.15, 0.2) is 35.1 Å². The summed E-state index contributed by atoms with van der Waals surface area (Å²) in [6.07, 6.45) is 1.24. The zero-order valence-electron chi connectivity index (χ0n) is 6.07. The summed E-state index contributed by atoms with van der Waals surface area (Å²) >= 11 is 0. The molecule has 0 radical (unpaired) electrons. The quantitative estimate of drug-likeness (QED) is 0.645. The minimum Gasteiger partial charge on any atom is -0.334 e. The summed E-state index contributed by atoms with van der Waals surface area (Å²) in [5, 5.41) is 3.39. The van der Waals surface area contributed by atoms with E-state index >= 15 is 0 Å². The Morgan fingerprint density at radius 2 is 2.08 bits per heavy atom. The maximum atomic E-state index is 13.0. The Morgan fingerprint density at radius 3 is 2.75 bits per heavy atom. The number of aromatic nitrogens is 2. The van der Waals surface area contributed by atoms with E-state index in [9.17, 15) is 4.39 Å². The van der Waals surface area contributed by atoms with Gasteiger partial charge in [0.2, 0.25) is 0 Å². The first-order valence-corrected chi connectivity index (χ1v) is 3.39. The van der Waals surface area contributed by atoms with E-state index < -0.39 is 0 Å². The van der Waals surface area contributed by atoms with Gasteiger partial charge in [0, 0.05) is 0 Å². The molecule has 0 fully saturated rings. The standard InChI is InChI=1S/C8H5FN2O/c9-7-4-2-1-3-6(7)8-10-5-11-12-8/h1-5H. The van der Waals surface area contributed by atoms with Crippen LogP contribution in [0.4, 0.5) is 4.39 Å². The van der Waals surface area contributed by atoms with Crippen molar-refractivity contribution >= 4 is 0 Å². The lowest BCUT2D eigenvalue weighted by molar-refractivity contribution is 0.427. The van der Waals surface area contributed by atoms with E-state index in [1.54, 1.807) is 18.2 Å². The van der Waals surface area contributed by atoms with Gasteiger partial charge in [-0.25, -0.2) is 4.39 Å². The van der Waals surface area contributed by atoms with Crippen LogP contribution in [-0.2, 0) is 0 Å². The molecule has 0 bridgehead atoms. The van der Waals surface area contributed by atoms with Crippen molar-refractivity contribution < 1.29 is 8.91 Å². The highest BCUT2D eigenvalue weighted by molar-refractivity contribution is 5.52. The number of nitrogens with zero attached hydrogens (tertiary/aromatic N) is 2. The average molecular weight is 164 g/mol. The van der Waals surface area contributed by atoms with Gasteiger partial charge in [-0.1, -0.05) is 17.3 Å². The average Bonchev–Trinajstić information content (AvgIpc) is 2.57. The topological polar surface area (TPSA) is 38.9 Å². The molecule has 12 heavy (non-hydrogen) atoms. The van der Waals surface area contributed by atoms with Crippen LogP contribution in [-0.4, -0.2) is 10.1 Å². The zero-order valence-corrected chi connectivity index (χ0v) is 6.07. The van der Waals surface area contributed by atoms with E-state index in [1.165, 1.54) is 12.4 Å². The van der Waals surface area contributed by atoms with E-state index in [0.29, 0.717) is 5.56 Å². The van der Waals surface area contributed by atoms with Crippen molar-refractivity contribution in [1.82, 2.24) is 10.1 Å². The maximum absolute atomic E-state index is 13.0. The van der Waals surface area contributed by atoms with Gasteiger partial charge in [0.25, 0.3) is 5.89 Å². The molecule has 4 heteroatoms. The highest BCUT2D eigenvalue weighted by atomic mass is 19.1. The fourth-order valence-corrected chi connectivity index (χ4v) is 0.926. The molecule has 0 saturated heterocycles. The zero-order chi connectivity index (χ0) is 8.39. The van der Waals surface area contributed by atoms with Crippen molar-refractivity contribution in [2.45, 2.75) is 0 Å². The Balaban J connectivity index is 2.55. The Morgan fingerprint density at radius 1 is 1.25 bits per heavy atom. The van der Waals surface area contributed by atoms with E-state index in [4.69, 9.17) is 4.52 Å². The Bertz CT molecular complexity index is 372. The van der Waals surface area contributed by atoms with Crippen molar-refractivity contribution in [2.75, 3.05) is 0 Å². The van der Waals surface area contributed by atoms with Gasteiger partial charge in [-0.05, 0) is 12.1 Å². The Labute approximate surface area is 67.8 Å². The second kappa shape index (κ2) is 2.73. The third-order valence-electron chi connectivity index (χ3n) is 1.47. The van der Waals surface area contributed by atoms with E-state index in [2.05, 4.69) is 10.1 Å². The van der Waals surface area contributed by atoms with Gasteiger partial charge < -0.3 is 4.52 Å². The highest BCUT2D eigenvalue weighted by Gasteiger charge is 2.07. The minimum atomic E-state index is -0.359. The van der Waals surface area contributed by atoms with Crippen LogP contribution in [0.5, 0.6) is 0 Å². The van der Waals surface area contributed by atoms with Crippen LogP contribution >= 0.6 is 0 Å². The second-order valence-corrected chi connectivity index (χ2v) is 2.23. The molecule has 2 rings (SSSR count). The summed E-state index contributed by atoms with van der Waals surface area (Å²) in [6, 6.07) is 6.25. The molecule has 2 aromatic rings. The van der Waals surface area contributed by atoms with Crippen molar-refractivity contribution in [3.8, 4) is 11.5 Å². The summed E-state index contributed by atoms with van der Waals surface area (Å²) < 4.78 is 17.7. The first-order chi connectivity index (χ1) is 5.88. The highest BCUT2D eigenvalue weighted by Crippen LogP contribution is 2.18. The van der Waals surface area contributed by atoms with Gasteiger partial charge in [0.05, 0.1) is 5.56 Å². The minimum absolute atomic E-state index is 0.202. The number of halogens is 1. The molecular weight excluding hydrogens is 159 g/mol. The molecular formula is C8H5FN2O. The molecule has 1 aromatic heterocycles. The van der Waals surface area contributed by atoms with Crippen LogP contribution < -0.4 is 0 Å². The lowest BCUT2D eigenvalue weighted by Crippen LogP contribution is -1.81. The van der Waals surface area contributed by atoms with Crippen molar-refractivity contribution in [2.24, 2.45) is 0 Å². The predicted octanol–water partition coefficient (Wildman–Crippen LogP) is 1.88. The smallest absolute Gasteiger partial charge is 0.260 e. The molecule has 0 amide bonds. The largest absolute Gasteiger partial charge is 0.334 e. The summed E-state index contributed by atoms with van der Waals surface area (Å²) in [4.78, 5) is 3.73. The SMILES string of the molecule is Fc1ccccc1-c1ncno1. The van der Waals surface area contributed by atoms with E-state index in [1.807, 2.05) is 0 Å². The van der Waals surface area contributed by atoms with Gasteiger partial charge >= 0.3 is 0 Å². The summed E-state index contributed by atoms with van der Waals surface area (Å²) in [5.74, 6) is -0.158. The number of benzene rings is 1. The van der Waals surface area contributed by atoms with Crippen LogP contribution in [0.3, 0.4) is 0 Å². The first-order valence-electron chi connectivity index (χ1n) is 3.39. The van der Waals surface area contributed by atoms with E-state index in [-0.39, 0.29) is 11.7 Å².